The molecule has 0 saturated heterocycles. The summed E-state index contributed by atoms with van der Waals surface area (Å²) in [5.74, 6) is 0. The molecular weight excluding hydrogens is 335 g/mol. The normalized spacial score (nSPS) is 14.0. The number of aromatic nitrogens is 1. The molecule has 3 rings (SSSR count). The highest BCUT2D eigenvalue weighted by Gasteiger charge is 2.22. The fraction of sp³-hybridized carbons (Fsp3) is 0.412. The molecule has 1 aliphatic heterocycles. The lowest BCUT2D eigenvalue weighted by atomic mass is 9.98. The van der Waals surface area contributed by atoms with Gasteiger partial charge in [0.15, 0.2) is 0 Å². The first kappa shape index (κ1) is 17.8. The van der Waals surface area contributed by atoms with Crippen LogP contribution < -0.4 is 0 Å². The minimum Gasteiger partial charge on any atom is -0.450 e. The van der Waals surface area contributed by atoms with Gasteiger partial charge in [0, 0.05) is 35.6 Å². The van der Waals surface area contributed by atoms with Gasteiger partial charge in [-0.15, -0.1) is 12.4 Å². The average Bonchev–Trinajstić information content (AvgIpc) is 2.71. The molecule has 0 spiro atoms. The number of aryl methyl sites for hydroxylation is 1. The van der Waals surface area contributed by atoms with E-state index in [2.05, 4.69) is 6.92 Å². The smallest absolute Gasteiger partial charge is 0.409 e. The van der Waals surface area contributed by atoms with Gasteiger partial charge in [-0.1, -0.05) is 11.6 Å². The lowest BCUT2D eigenvalue weighted by molar-refractivity contribution is 0.109. The second kappa shape index (κ2) is 7.37. The monoisotopic (exact) mass is 354 g/mol. The number of carbonyl (C=O) groups is 1. The summed E-state index contributed by atoms with van der Waals surface area (Å²) in [5, 5.41) is 1.81. The second-order valence-electron chi connectivity index (χ2n) is 5.51. The molecule has 0 radical (unpaired) electrons. The quantitative estimate of drug-likeness (QED) is 0.771. The summed E-state index contributed by atoms with van der Waals surface area (Å²) in [4.78, 5) is 18.5. The van der Waals surface area contributed by atoms with Crippen LogP contribution in [0.1, 0.15) is 23.7 Å². The number of nitrogens with zero attached hydrogens (tertiary/aromatic N) is 2. The van der Waals surface area contributed by atoms with Crippen molar-refractivity contribution < 1.29 is 9.53 Å². The van der Waals surface area contributed by atoms with Gasteiger partial charge in [-0.05, 0) is 49.6 Å². The predicted octanol–water partition coefficient (Wildman–Crippen LogP) is 4.18. The summed E-state index contributed by atoms with van der Waals surface area (Å²) in [5.41, 5.74) is 4.50. The Labute approximate surface area is 147 Å². The minimum absolute atomic E-state index is 0. The van der Waals surface area contributed by atoms with E-state index in [1.165, 1.54) is 11.1 Å². The van der Waals surface area contributed by atoms with Crippen molar-refractivity contribution in [2.45, 2.75) is 26.7 Å². The van der Waals surface area contributed by atoms with Crippen LogP contribution in [0.15, 0.2) is 18.2 Å². The summed E-state index contributed by atoms with van der Waals surface area (Å²) in [7, 11) is 0. The van der Waals surface area contributed by atoms with E-state index in [1.807, 2.05) is 25.1 Å². The molecular formula is C17H20Cl2N2O2. The molecule has 0 aliphatic carbocycles. The van der Waals surface area contributed by atoms with Gasteiger partial charge in [0.25, 0.3) is 0 Å². The molecule has 124 valence electrons. The lowest BCUT2D eigenvalue weighted by Crippen LogP contribution is -2.33. The number of hydrogen-bond donors (Lipinski definition) is 0. The molecule has 23 heavy (non-hydrogen) atoms. The summed E-state index contributed by atoms with van der Waals surface area (Å²) in [6.45, 7) is 5.66. The van der Waals surface area contributed by atoms with Gasteiger partial charge < -0.3 is 9.64 Å². The number of pyridine rings is 1. The topological polar surface area (TPSA) is 42.4 Å². The van der Waals surface area contributed by atoms with Crippen molar-refractivity contribution in [3.8, 4) is 0 Å². The molecule has 2 heterocycles. The molecule has 1 amide bonds. The zero-order chi connectivity index (χ0) is 15.7. The SMILES string of the molecule is CCOC(=O)N1CCc2nc3ccc(Cl)cc3c(C)c2CC1.Cl. The molecule has 4 nitrogen and oxygen atoms in total. The second-order valence-corrected chi connectivity index (χ2v) is 5.95. The number of fused-ring (bicyclic) bond motifs is 2. The first-order chi connectivity index (χ1) is 10.6. The van der Waals surface area contributed by atoms with Crippen LogP contribution in [-0.4, -0.2) is 35.7 Å². The highest BCUT2D eigenvalue weighted by atomic mass is 35.5. The van der Waals surface area contributed by atoms with Crippen molar-refractivity contribution in [1.29, 1.82) is 0 Å². The van der Waals surface area contributed by atoms with Crippen LogP contribution in [0.5, 0.6) is 0 Å². The molecule has 0 bridgehead atoms. The van der Waals surface area contributed by atoms with E-state index in [4.69, 9.17) is 21.3 Å². The average molecular weight is 355 g/mol. The van der Waals surface area contributed by atoms with Gasteiger partial charge in [-0.25, -0.2) is 4.79 Å². The number of ether oxygens (including phenoxy) is 1. The van der Waals surface area contributed by atoms with Gasteiger partial charge >= 0.3 is 6.09 Å². The molecule has 0 unspecified atom stereocenters. The van der Waals surface area contributed by atoms with Gasteiger partial charge in [0.2, 0.25) is 0 Å². The van der Waals surface area contributed by atoms with Gasteiger partial charge in [0.1, 0.15) is 0 Å². The highest BCUT2D eigenvalue weighted by Crippen LogP contribution is 2.27. The number of amides is 1. The van der Waals surface area contributed by atoms with Crippen molar-refractivity contribution in [2.24, 2.45) is 0 Å². The Balaban J connectivity index is 0.00000192. The Hall–Kier alpha value is -1.52. The molecule has 2 aromatic rings. The first-order valence-corrected chi connectivity index (χ1v) is 7.97. The third kappa shape index (κ3) is 3.54. The van der Waals surface area contributed by atoms with E-state index in [0.29, 0.717) is 19.7 Å². The summed E-state index contributed by atoms with van der Waals surface area (Å²) >= 11 is 6.11. The number of hydrogen-bond acceptors (Lipinski definition) is 3. The van der Waals surface area contributed by atoms with E-state index < -0.39 is 0 Å². The van der Waals surface area contributed by atoms with Crippen LogP contribution in [0.25, 0.3) is 10.9 Å². The van der Waals surface area contributed by atoms with Crippen molar-refractivity contribution in [3.63, 3.8) is 0 Å². The van der Waals surface area contributed by atoms with Gasteiger partial charge in [-0.2, -0.15) is 0 Å². The van der Waals surface area contributed by atoms with Gasteiger partial charge in [0.05, 0.1) is 12.1 Å². The Morgan fingerprint density at radius 3 is 2.83 bits per heavy atom. The van der Waals surface area contributed by atoms with E-state index in [1.54, 1.807) is 4.90 Å². The van der Waals surface area contributed by atoms with Crippen molar-refractivity contribution in [3.05, 3.63) is 40.0 Å². The van der Waals surface area contributed by atoms with Crippen LogP contribution in [0, 0.1) is 6.92 Å². The standard InChI is InChI=1S/C17H19ClN2O2.ClH/c1-3-22-17(21)20-8-6-13-11(2)14-10-12(18)4-5-15(14)19-16(13)7-9-20;/h4-5,10H,3,6-9H2,1-2H3;1H. The van der Waals surface area contributed by atoms with Crippen molar-refractivity contribution in [2.75, 3.05) is 19.7 Å². The van der Waals surface area contributed by atoms with E-state index in [9.17, 15) is 4.79 Å². The molecule has 0 N–H and O–H groups in total. The van der Waals surface area contributed by atoms with Crippen molar-refractivity contribution >= 4 is 41.0 Å². The third-order valence-corrected chi connectivity index (χ3v) is 4.43. The predicted molar refractivity (Wildman–Crippen MR) is 94.7 cm³/mol. The Morgan fingerprint density at radius 1 is 1.35 bits per heavy atom. The molecule has 0 saturated carbocycles. The molecule has 6 heteroatoms. The first-order valence-electron chi connectivity index (χ1n) is 7.59. The van der Waals surface area contributed by atoms with Crippen LogP contribution in [0.3, 0.4) is 0 Å². The third-order valence-electron chi connectivity index (χ3n) is 4.20. The molecule has 1 aromatic heterocycles. The zero-order valence-electron chi connectivity index (χ0n) is 13.3. The zero-order valence-corrected chi connectivity index (χ0v) is 14.8. The number of carbonyl (C=O) groups excluding carboxylic acids is 1. The summed E-state index contributed by atoms with van der Waals surface area (Å²) in [6.07, 6.45) is 1.32. The molecule has 0 fully saturated rings. The van der Waals surface area contributed by atoms with Crippen LogP contribution >= 0.6 is 24.0 Å². The lowest BCUT2D eigenvalue weighted by Gasteiger charge is -2.18. The maximum Gasteiger partial charge on any atom is 0.409 e. The Bertz CT molecular complexity index is 734. The van der Waals surface area contributed by atoms with Crippen LogP contribution in [0.4, 0.5) is 4.79 Å². The number of rotatable bonds is 1. The van der Waals surface area contributed by atoms with Crippen LogP contribution in [-0.2, 0) is 17.6 Å². The maximum atomic E-state index is 11.9. The minimum atomic E-state index is -0.236. The number of halogens is 2. The fourth-order valence-corrected chi connectivity index (χ4v) is 3.21. The number of benzene rings is 1. The van der Waals surface area contributed by atoms with E-state index in [-0.39, 0.29) is 18.5 Å². The van der Waals surface area contributed by atoms with Crippen LogP contribution in [0.2, 0.25) is 5.02 Å². The van der Waals surface area contributed by atoms with E-state index >= 15 is 0 Å². The summed E-state index contributed by atoms with van der Waals surface area (Å²) < 4.78 is 5.11. The Morgan fingerprint density at radius 2 is 2.09 bits per heavy atom. The van der Waals surface area contributed by atoms with Crippen molar-refractivity contribution in [1.82, 2.24) is 9.88 Å². The van der Waals surface area contributed by atoms with E-state index in [0.717, 1.165) is 34.5 Å². The fourth-order valence-electron chi connectivity index (χ4n) is 3.03. The summed E-state index contributed by atoms with van der Waals surface area (Å²) in [6, 6.07) is 5.79. The van der Waals surface area contributed by atoms with Gasteiger partial charge in [-0.3, -0.25) is 4.98 Å². The molecule has 1 aromatic carbocycles. The molecule has 1 aliphatic rings. The highest BCUT2D eigenvalue weighted by molar-refractivity contribution is 6.31. The Kier molecular flexibility index (Phi) is 5.71. The molecule has 0 atom stereocenters. The maximum absolute atomic E-state index is 11.9. The largest absolute Gasteiger partial charge is 0.450 e.